The molecule has 0 unspecified atom stereocenters. The molecular formula is C15H22N2O3S. The number of rotatable bonds is 3. The fourth-order valence-corrected chi connectivity index (χ4v) is 3.81. The Morgan fingerprint density at radius 2 is 1.81 bits per heavy atom. The molecule has 5 nitrogen and oxygen atoms in total. The summed E-state index contributed by atoms with van der Waals surface area (Å²) in [4.78, 5) is 14.5. The molecule has 0 fully saturated rings. The number of sulfonamides is 1. The van der Waals surface area contributed by atoms with Crippen LogP contribution in [-0.4, -0.2) is 39.3 Å². The number of amides is 1. The Hall–Kier alpha value is -1.40. The summed E-state index contributed by atoms with van der Waals surface area (Å²) in [5.41, 5.74) is 1.75. The molecule has 1 aliphatic heterocycles. The van der Waals surface area contributed by atoms with Crippen LogP contribution in [0, 0.1) is 6.92 Å². The Bertz CT molecular complexity index is 706. The third-order valence-electron chi connectivity index (χ3n) is 4.09. The van der Waals surface area contributed by atoms with Crippen molar-refractivity contribution in [2.45, 2.75) is 38.0 Å². The monoisotopic (exact) mass is 310 g/mol. The lowest BCUT2D eigenvalue weighted by molar-refractivity contribution is -0.122. The van der Waals surface area contributed by atoms with Gasteiger partial charge in [-0.05, 0) is 51.0 Å². The standard InChI is InChI=1S/C15H22N2O3S/c1-7-17-13-10(2)8-11(21(19,20)16(5)6)9-12(13)15(3,4)14(17)18/h8-9H,7H2,1-6H3. The maximum atomic E-state index is 12.5. The highest BCUT2D eigenvalue weighted by Crippen LogP contribution is 2.44. The van der Waals surface area contributed by atoms with Crippen molar-refractivity contribution < 1.29 is 13.2 Å². The van der Waals surface area contributed by atoms with E-state index in [1.54, 1.807) is 17.0 Å². The number of likely N-dealkylation sites (N-methyl/N-ethyl adjacent to an activating group) is 1. The first-order chi connectivity index (χ1) is 9.55. The smallest absolute Gasteiger partial charge is 0.242 e. The predicted octanol–water partition coefficient (Wildman–Crippen LogP) is 1.89. The van der Waals surface area contributed by atoms with Crippen LogP contribution in [0.1, 0.15) is 31.9 Å². The molecular weight excluding hydrogens is 288 g/mol. The molecule has 0 N–H and O–H groups in total. The average molecular weight is 310 g/mol. The quantitative estimate of drug-likeness (QED) is 0.856. The maximum absolute atomic E-state index is 12.5. The van der Waals surface area contributed by atoms with E-state index < -0.39 is 15.4 Å². The SMILES string of the molecule is CCN1C(=O)C(C)(C)c2cc(S(=O)(=O)N(C)C)cc(C)c21. The zero-order valence-electron chi connectivity index (χ0n) is 13.4. The molecule has 1 amide bonds. The Morgan fingerprint density at radius 1 is 1.24 bits per heavy atom. The molecule has 1 aliphatic rings. The molecule has 0 bridgehead atoms. The number of benzene rings is 1. The summed E-state index contributed by atoms with van der Waals surface area (Å²) in [6.45, 7) is 8.04. The van der Waals surface area contributed by atoms with Crippen LogP contribution in [0.4, 0.5) is 5.69 Å². The van der Waals surface area contributed by atoms with Gasteiger partial charge in [0.25, 0.3) is 0 Å². The maximum Gasteiger partial charge on any atom is 0.242 e. The highest BCUT2D eigenvalue weighted by molar-refractivity contribution is 7.89. The van der Waals surface area contributed by atoms with Gasteiger partial charge in [0.1, 0.15) is 0 Å². The van der Waals surface area contributed by atoms with Crippen LogP contribution in [0.5, 0.6) is 0 Å². The third-order valence-corrected chi connectivity index (χ3v) is 5.88. The number of hydrogen-bond acceptors (Lipinski definition) is 3. The second-order valence-electron chi connectivity index (χ2n) is 6.10. The van der Waals surface area contributed by atoms with Crippen LogP contribution in [0.2, 0.25) is 0 Å². The normalized spacial score (nSPS) is 17.5. The molecule has 2 rings (SSSR count). The Kier molecular flexibility index (Phi) is 3.66. The van der Waals surface area contributed by atoms with Crippen molar-refractivity contribution in [2.24, 2.45) is 0 Å². The first kappa shape index (κ1) is 16.0. The van der Waals surface area contributed by atoms with Gasteiger partial charge in [0.05, 0.1) is 16.0 Å². The molecule has 1 heterocycles. The van der Waals surface area contributed by atoms with Crippen LogP contribution in [0.25, 0.3) is 0 Å². The van der Waals surface area contributed by atoms with Crippen LogP contribution >= 0.6 is 0 Å². The molecule has 1 aromatic carbocycles. The zero-order valence-corrected chi connectivity index (χ0v) is 14.2. The fourth-order valence-electron chi connectivity index (χ4n) is 2.80. The summed E-state index contributed by atoms with van der Waals surface area (Å²) >= 11 is 0. The summed E-state index contributed by atoms with van der Waals surface area (Å²) in [7, 11) is -0.496. The van der Waals surface area contributed by atoms with Crippen LogP contribution in [0.3, 0.4) is 0 Å². The van der Waals surface area contributed by atoms with Crippen molar-refractivity contribution in [3.05, 3.63) is 23.3 Å². The van der Waals surface area contributed by atoms with Crippen molar-refractivity contribution in [3.63, 3.8) is 0 Å². The van der Waals surface area contributed by atoms with E-state index >= 15 is 0 Å². The van der Waals surface area contributed by atoms with E-state index in [0.29, 0.717) is 6.54 Å². The van der Waals surface area contributed by atoms with E-state index in [2.05, 4.69) is 0 Å². The van der Waals surface area contributed by atoms with Crippen LogP contribution < -0.4 is 4.90 Å². The summed E-state index contributed by atoms with van der Waals surface area (Å²) < 4.78 is 25.9. The Morgan fingerprint density at radius 3 is 2.29 bits per heavy atom. The average Bonchev–Trinajstić information content (AvgIpc) is 2.58. The molecule has 0 aromatic heterocycles. The molecule has 0 saturated heterocycles. The van der Waals surface area contributed by atoms with Gasteiger partial charge in [0, 0.05) is 20.6 Å². The minimum atomic E-state index is -3.51. The molecule has 6 heteroatoms. The summed E-state index contributed by atoms with van der Waals surface area (Å²) in [5, 5.41) is 0. The van der Waals surface area contributed by atoms with Crippen molar-refractivity contribution in [1.29, 1.82) is 0 Å². The second kappa shape index (κ2) is 4.81. The van der Waals surface area contributed by atoms with E-state index in [1.807, 2.05) is 27.7 Å². The molecule has 0 radical (unpaired) electrons. The largest absolute Gasteiger partial charge is 0.311 e. The van der Waals surface area contributed by atoms with Gasteiger partial charge in [-0.1, -0.05) is 0 Å². The van der Waals surface area contributed by atoms with E-state index in [-0.39, 0.29) is 10.8 Å². The molecule has 0 atom stereocenters. The number of hydrogen-bond donors (Lipinski definition) is 0. The topological polar surface area (TPSA) is 57.7 Å². The van der Waals surface area contributed by atoms with Crippen molar-refractivity contribution >= 4 is 21.6 Å². The highest BCUT2D eigenvalue weighted by atomic mass is 32.2. The number of nitrogens with zero attached hydrogens (tertiary/aromatic N) is 2. The number of aryl methyl sites for hydroxylation is 1. The van der Waals surface area contributed by atoms with Gasteiger partial charge in [0.15, 0.2) is 0 Å². The molecule has 0 saturated carbocycles. The number of carbonyl (C=O) groups excluding carboxylic acids is 1. The van der Waals surface area contributed by atoms with Gasteiger partial charge in [-0.15, -0.1) is 0 Å². The number of fused-ring (bicyclic) bond motifs is 1. The molecule has 1 aromatic rings. The highest BCUT2D eigenvalue weighted by Gasteiger charge is 2.44. The van der Waals surface area contributed by atoms with E-state index in [4.69, 9.17) is 0 Å². The lowest BCUT2D eigenvalue weighted by Crippen LogP contribution is -2.36. The van der Waals surface area contributed by atoms with Crippen molar-refractivity contribution in [3.8, 4) is 0 Å². The third kappa shape index (κ3) is 2.17. The number of carbonyl (C=O) groups is 1. The fraction of sp³-hybridized carbons (Fsp3) is 0.533. The zero-order chi connectivity index (χ0) is 16.2. The van der Waals surface area contributed by atoms with Crippen LogP contribution in [-0.2, 0) is 20.2 Å². The van der Waals surface area contributed by atoms with Gasteiger partial charge >= 0.3 is 0 Å². The lowest BCUT2D eigenvalue weighted by Gasteiger charge is -2.19. The van der Waals surface area contributed by atoms with Crippen LogP contribution in [0.15, 0.2) is 17.0 Å². The van der Waals surface area contributed by atoms with Gasteiger partial charge in [-0.25, -0.2) is 12.7 Å². The molecule has 0 spiro atoms. The molecule has 21 heavy (non-hydrogen) atoms. The summed E-state index contributed by atoms with van der Waals surface area (Å²) in [6, 6.07) is 3.29. The minimum absolute atomic E-state index is 0.0162. The van der Waals surface area contributed by atoms with Gasteiger partial charge in [-0.3, -0.25) is 4.79 Å². The predicted molar refractivity (Wildman–Crippen MR) is 83.1 cm³/mol. The van der Waals surface area contributed by atoms with E-state index in [1.165, 1.54) is 18.4 Å². The first-order valence-corrected chi connectivity index (χ1v) is 8.38. The van der Waals surface area contributed by atoms with Crippen molar-refractivity contribution in [1.82, 2.24) is 4.31 Å². The summed E-state index contributed by atoms with van der Waals surface area (Å²) in [6.07, 6.45) is 0. The van der Waals surface area contributed by atoms with Gasteiger partial charge < -0.3 is 4.90 Å². The molecule has 0 aliphatic carbocycles. The molecule has 116 valence electrons. The lowest BCUT2D eigenvalue weighted by atomic mass is 9.85. The number of anilines is 1. The first-order valence-electron chi connectivity index (χ1n) is 6.94. The minimum Gasteiger partial charge on any atom is -0.311 e. The Labute approximate surface area is 126 Å². The van der Waals surface area contributed by atoms with Gasteiger partial charge in [0.2, 0.25) is 15.9 Å². The van der Waals surface area contributed by atoms with Gasteiger partial charge in [-0.2, -0.15) is 0 Å². The summed E-state index contributed by atoms with van der Waals surface area (Å²) in [5.74, 6) is 0.0162. The Balaban J connectivity index is 2.76. The van der Waals surface area contributed by atoms with E-state index in [0.717, 1.165) is 16.8 Å². The van der Waals surface area contributed by atoms with Crippen molar-refractivity contribution in [2.75, 3.05) is 25.5 Å². The second-order valence-corrected chi connectivity index (χ2v) is 8.25. The van der Waals surface area contributed by atoms with E-state index in [9.17, 15) is 13.2 Å².